The van der Waals surface area contributed by atoms with Gasteiger partial charge in [0.15, 0.2) is 6.04 Å². The Labute approximate surface area is 192 Å². The average Bonchev–Trinajstić information content (AvgIpc) is 2.72. The van der Waals surface area contributed by atoms with Gasteiger partial charge < -0.3 is 4.74 Å². The lowest BCUT2D eigenvalue weighted by molar-refractivity contribution is -0.156. The van der Waals surface area contributed by atoms with E-state index in [9.17, 15) is 4.79 Å². The van der Waals surface area contributed by atoms with Crippen LogP contribution in [0.4, 0.5) is 0 Å². The van der Waals surface area contributed by atoms with Gasteiger partial charge in [-0.15, -0.1) is 0 Å². The van der Waals surface area contributed by atoms with Crippen molar-refractivity contribution in [1.82, 2.24) is 0 Å². The summed E-state index contributed by atoms with van der Waals surface area (Å²) in [5, 5.41) is 0. The van der Waals surface area contributed by atoms with Crippen LogP contribution < -0.4 is 0 Å². The van der Waals surface area contributed by atoms with Crippen LogP contribution in [0.5, 0.6) is 0 Å². The van der Waals surface area contributed by atoms with E-state index in [-0.39, 0.29) is 5.97 Å². The van der Waals surface area contributed by atoms with Crippen LogP contribution in [0.25, 0.3) is 0 Å². The third kappa shape index (κ3) is 6.16. The van der Waals surface area contributed by atoms with E-state index in [1.54, 1.807) is 0 Å². The first-order valence-corrected chi connectivity index (χ1v) is 11.1. The van der Waals surface area contributed by atoms with Crippen LogP contribution in [0.3, 0.4) is 0 Å². The Balaban J connectivity index is 2.12. The van der Waals surface area contributed by atoms with E-state index < -0.39 is 11.6 Å². The summed E-state index contributed by atoms with van der Waals surface area (Å²) >= 11 is 0. The second-order valence-electron chi connectivity index (χ2n) is 9.34. The summed E-state index contributed by atoms with van der Waals surface area (Å²) < 4.78 is 5.80. The number of carbonyl (C=O) groups is 1. The van der Waals surface area contributed by atoms with Gasteiger partial charge in [0.1, 0.15) is 5.60 Å². The van der Waals surface area contributed by atoms with Gasteiger partial charge in [-0.1, -0.05) is 78.4 Å². The predicted molar refractivity (Wildman–Crippen MR) is 133 cm³/mol. The van der Waals surface area contributed by atoms with E-state index in [4.69, 9.17) is 9.73 Å². The third-order valence-electron chi connectivity index (χ3n) is 5.30. The lowest BCUT2D eigenvalue weighted by Gasteiger charge is -2.24. The molecule has 0 fully saturated rings. The molecule has 1 atom stereocenters. The van der Waals surface area contributed by atoms with Gasteiger partial charge in [0.25, 0.3) is 0 Å². The van der Waals surface area contributed by atoms with Gasteiger partial charge in [-0.3, -0.25) is 4.99 Å². The topological polar surface area (TPSA) is 38.7 Å². The average molecular weight is 428 g/mol. The summed E-state index contributed by atoms with van der Waals surface area (Å²) in [5.74, 6) is -0.304. The van der Waals surface area contributed by atoms with Crippen molar-refractivity contribution in [2.24, 2.45) is 4.99 Å². The van der Waals surface area contributed by atoms with E-state index in [0.717, 1.165) is 22.4 Å². The summed E-state index contributed by atoms with van der Waals surface area (Å²) in [5.41, 5.74) is 6.88. The normalized spacial score (nSPS) is 12.2. The molecule has 3 nitrogen and oxygen atoms in total. The minimum absolute atomic E-state index is 0.304. The molecule has 0 aliphatic heterocycles. The highest BCUT2D eigenvalue weighted by atomic mass is 16.6. The number of esters is 1. The van der Waals surface area contributed by atoms with Crippen molar-refractivity contribution in [3.05, 3.63) is 106 Å². The van der Waals surface area contributed by atoms with Crippen molar-refractivity contribution < 1.29 is 9.53 Å². The lowest BCUT2D eigenvalue weighted by Crippen LogP contribution is -2.33. The van der Waals surface area contributed by atoms with Gasteiger partial charge in [0.05, 0.1) is 5.71 Å². The molecule has 0 aliphatic carbocycles. The number of carbonyl (C=O) groups excluding carboxylic acids is 1. The summed E-state index contributed by atoms with van der Waals surface area (Å²) in [4.78, 5) is 18.4. The SMILES string of the molecule is Cc1cc(C)c(C[C@H](N=C(c2ccccc2)c2ccccc2)C(=O)OC(C)(C)C)c(C)c1. The Bertz CT molecular complexity index is 1030. The van der Waals surface area contributed by atoms with Gasteiger partial charge in [-0.05, 0) is 58.2 Å². The molecule has 0 saturated heterocycles. The Morgan fingerprint density at radius 2 is 1.31 bits per heavy atom. The van der Waals surface area contributed by atoms with Gasteiger partial charge in [-0.25, -0.2) is 4.79 Å². The molecule has 0 N–H and O–H groups in total. The molecule has 0 radical (unpaired) electrons. The lowest BCUT2D eigenvalue weighted by atomic mass is 9.94. The van der Waals surface area contributed by atoms with Crippen LogP contribution in [0.15, 0.2) is 77.8 Å². The zero-order chi connectivity index (χ0) is 23.3. The summed E-state index contributed by atoms with van der Waals surface area (Å²) in [7, 11) is 0. The number of hydrogen-bond donors (Lipinski definition) is 0. The molecule has 0 spiro atoms. The minimum Gasteiger partial charge on any atom is -0.458 e. The molecular formula is C29H33NO2. The first-order chi connectivity index (χ1) is 15.1. The van der Waals surface area contributed by atoms with Gasteiger partial charge in [-0.2, -0.15) is 0 Å². The number of hydrogen-bond acceptors (Lipinski definition) is 3. The van der Waals surface area contributed by atoms with Crippen molar-refractivity contribution in [3.63, 3.8) is 0 Å². The fourth-order valence-corrected chi connectivity index (χ4v) is 3.94. The quantitative estimate of drug-likeness (QED) is 0.337. The van der Waals surface area contributed by atoms with Crippen LogP contribution in [-0.2, 0) is 16.0 Å². The Morgan fingerprint density at radius 1 is 0.844 bits per heavy atom. The number of ether oxygens (including phenoxy) is 1. The molecule has 0 bridgehead atoms. The molecule has 166 valence electrons. The van der Waals surface area contributed by atoms with Gasteiger partial charge in [0.2, 0.25) is 0 Å². The highest BCUT2D eigenvalue weighted by Crippen LogP contribution is 2.22. The van der Waals surface area contributed by atoms with Crippen LogP contribution in [-0.4, -0.2) is 23.3 Å². The maximum Gasteiger partial charge on any atom is 0.331 e. The number of benzene rings is 3. The Morgan fingerprint density at radius 3 is 1.75 bits per heavy atom. The van der Waals surface area contributed by atoms with Crippen LogP contribution in [0.1, 0.15) is 54.2 Å². The molecule has 0 heterocycles. The van der Waals surface area contributed by atoms with Gasteiger partial charge in [0, 0.05) is 17.5 Å². The first kappa shape index (κ1) is 23.5. The highest BCUT2D eigenvalue weighted by molar-refractivity contribution is 6.13. The molecule has 0 aliphatic rings. The summed E-state index contributed by atoms with van der Waals surface area (Å²) in [6, 6.07) is 23.7. The van der Waals surface area contributed by atoms with E-state index in [0.29, 0.717) is 6.42 Å². The van der Waals surface area contributed by atoms with E-state index in [1.165, 1.54) is 16.7 Å². The fraction of sp³-hybridized carbons (Fsp3) is 0.310. The number of rotatable bonds is 6. The second kappa shape index (κ2) is 9.95. The van der Waals surface area contributed by atoms with Crippen LogP contribution in [0, 0.1) is 20.8 Å². The van der Waals surface area contributed by atoms with Gasteiger partial charge >= 0.3 is 5.97 Å². The smallest absolute Gasteiger partial charge is 0.331 e. The minimum atomic E-state index is -0.648. The monoisotopic (exact) mass is 427 g/mol. The molecule has 32 heavy (non-hydrogen) atoms. The third-order valence-corrected chi connectivity index (χ3v) is 5.30. The Kier molecular flexibility index (Phi) is 7.29. The van der Waals surface area contributed by atoms with E-state index in [1.807, 2.05) is 81.4 Å². The van der Waals surface area contributed by atoms with Crippen molar-refractivity contribution in [2.75, 3.05) is 0 Å². The van der Waals surface area contributed by atoms with Crippen molar-refractivity contribution in [2.45, 2.75) is 59.6 Å². The van der Waals surface area contributed by atoms with E-state index in [2.05, 4.69) is 32.9 Å². The number of aryl methyl sites for hydroxylation is 3. The standard InChI is InChI=1S/C29H33NO2/c1-20-17-21(2)25(22(3)18-20)19-26(28(31)32-29(4,5)6)30-27(23-13-9-7-10-14-23)24-15-11-8-12-16-24/h7-18,26H,19H2,1-6H3/t26-/m0/s1. The van der Waals surface area contributed by atoms with Crippen molar-refractivity contribution in [1.29, 1.82) is 0 Å². The first-order valence-electron chi connectivity index (χ1n) is 11.1. The fourth-order valence-electron chi connectivity index (χ4n) is 3.94. The number of nitrogens with zero attached hydrogens (tertiary/aromatic N) is 1. The van der Waals surface area contributed by atoms with Crippen molar-refractivity contribution >= 4 is 11.7 Å². The molecule has 3 heteroatoms. The molecule has 0 amide bonds. The predicted octanol–water partition coefficient (Wildman–Crippen LogP) is 6.40. The summed E-state index contributed by atoms with van der Waals surface area (Å²) in [6.45, 7) is 12.0. The van der Waals surface area contributed by atoms with Crippen LogP contribution in [0.2, 0.25) is 0 Å². The maximum atomic E-state index is 13.3. The molecule has 0 aromatic heterocycles. The van der Waals surface area contributed by atoms with Crippen molar-refractivity contribution in [3.8, 4) is 0 Å². The molecular weight excluding hydrogens is 394 g/mol. The summed E-state index contributed by atoms with van der Waals surface area (Å²) in [6.07, 6.45) is 0.496. The molecule has 0 unspecified atom stereocenters. The highest BCUT2D eigenvalue weighted by Gasteiger charge is 2.27. The second-order valence-corrected chi connectivity index (χ2v) is 9.34. The zero-order valence-electron chi connectivity index (χ0n) is 20.0. The molecule has 3 aromatic rings. The number of aliphatic imine (C=N–C) groups is 1. The van der Waals surface area contributed by atoms with E-state index >= 15 is 0 Å². The molecule has 0 saturated carbocycles. The molecule has 3 rings (SSSR count). The van der Waals surface area contributed by atoms with Crippen LogP contribution >= 0.6 is 0 Å². The zero-order valence-corrected chi connectivity index (χ0v) is 20.0. The largest absolute Gasteiger partial charge is 0.458 e. The Hall–Kier alpha value is -3.20. The maximum absolute atomic E-state index is 13.3. The molecule has 3 aromatic carbocycles.